The van der Waals surface area contributed by atoms with Gasteiger partial charge in [-0.25, -0.2) is 12.8 Å². The van der Waals surface area contributed by atoms with E-state index in [9.17, 15) is 12.8 Å². The Hall–Kier alpha value is -2.86. The molecule has 0 aliphatic rings. The summed E-state index contributed by atoms with van der Waals surface area (Å²) in [6.07, 6.45) is 0. The quantitative estimate of drug-likeness (QED) is 0.708. The van der Waals surface area contributed by atoms with Gasteiger partial charge in [0, 0.05) is 24.1 Å². The largest absolute Gasteiger partial charge is 0.345 e. The van der Waals surface area contributed by atoms with Crippen molar-refractivity contribution in [1.29, 1.82) is 0 Å². The van der Waals surface area contributed by atoms with Gasteiger partial charge in [-0.05, 0) is 67.1 Å². The van der Waals surface area contributed by atoms with Gasteiger partial charge in [0.25, 0.3) is 10.0 Å². The summed E-state index contributed by atoms with van der Waals surface area (Å²) in [7, 11) is -1.83. The van der Waals surface area contributed by atoms with Gasteiger partial charge in [-0.2, -0.15) is 0 Å². The van der Waals surface area contributed by atoms with Gasteiger partial charge >= 0.3 is 0 Å². The Morgan fingerprint density at radius 2 is 1.50 bits per heavy atom. The lowest BCUT2D eigenvalue weighted by atomic mass is 10.2. The second-order valence-electron chi connectivity index (χ2n) is 5.96. The van der Waals surface area contributed by atoms with Crippen LogP contribution in [0.1, 0.15) is 5.56 Å². The summed E-state index contributed by atoms with van der Waals surface area (Å²) < 4.78 is 40.8. The van der Waals surface area contributed by atoms with Crippen LogP contribution in [0.4, 0.5) is 21.5 Å². The molecular weight excluding hydrogens is 351 g/mol. The summed E-state index contributed by atoms with van der Waals surface area (Å²) in [5.41, 5.74) is 2.68. The van der Waals surface area contributed by atoms with E-state index in [2.05, 4.69) is 4.72 Å². The zero-order valence-electron chi connectivity index (χ0n) is 14.5. The average molecular weight is 370 g/mol. The first-order valence-corrected chi connectivity index (χ1v) is 9.53. The molecule has 0 aliphatic carbocycles. The molecule has 0 heterocycles. The van der Waals surface area contributed by atoms with Crippen LogP contribution in [0.2, 0.25) is 0 Å². The molecule has 0 radical (unpaired) electrons. The van der Waals surface area contributed by atoms with Crippen molar-refractivity contribution in [2.45, 2.75) is 11.8 Å². The molecular formula is C20H19FN2O2S. The van der Waals surface area contributed by atoms with Crippen LogP contribution < -0.4 is 9.62 Å². The number of rotatable bonds is 5. The molecule has 0 fully saturated rings. The van der Waals surface area contributed by atoms with E-state index in [1.807, 2.05) is 54.4 Å². The highest BCUT2D eigenvalue weighted by atomic mass is 32.2. The van der Waals surface area contributed by atoms with Gasteiger partial charge in [0.15, 0.2) is 0 Å². The summed E-state index contributed by atoms with van der Waals surface area (Å²) >= 11 is 0. The fraction of sp³-hybridized carbons (Fsp3) is 0.100. The van der Waals surface area contributed by atoms with Crippen molar-refractivity contribution in [2.24, 2.45) is 0 Å². The predicted octanol–water partition coefficient (Wildman–Crippen LogP) is 4.70. The van der Waals surface area contributed by atoms with Crippen LogP contribution in [0, 0.1) is 12.7 Å². The first kappa shape index (κ1) is 17.9. The Bertz CT molecular complexity index is 1000. The first-order chi connectivity index (χ1) is 12.4. The second kappa shape index (κ2) is 7.17. The number of nitrogens with one attached hydrogen (secondary N) is 1. The van der Waals surface area contributed by atoms with Gasteiger partial charge in [0.2, 0.25) is 0 Å². The van der Waals surface area contributed by atoms with E-state index < -0.39 is 15.8 Å². The van der Waals surface area contributed by atoms with Crippen molar-refractivity contribution in [2.75, 3.05) is 16.7 Å². The van der Waals surface area contributed by atoms with E-state index >= 15 is 0 Å². The lowest BCUT2D eigenvalue weighted by molar-refractivity contribution is 0.598. The zero-order chi connectivity index (χ0) is 18.7. The monoisotopic (exact) mass is 370 g/mol. The maximum atomic E-state index is 13.4. The van der Waals surface area contributed by atoms with Gasteiger partial charge in [-0.3, -0.25) is 4.72 Å². The Morgan fingerprint density at radius 3 is 2.12 bits per heavy atom. The minimum Gasteiger partial charge on any atom is -0.345 e. The maximum absolute atomic E-state index is 13.4. The number of halogens is 1. The maximum Gasteiger partial charge on any atom is 0.261 e. The standard InChI is InChI=1S/C20H19FN2O2S/c1-15-14-19(12-13-20(15)21)26(24,25)22-16-8-10-18(11-9-16)23(2)17-6-4-3-5-7-17/h3-14,22H,1-2H3. The highest BCUT2D eigenvalue weighted by Gasteiger charge is 2.15. The number of hydrogen-bond acceptors (Lipinski definition) is 3. The molecule has 0 unspecified atom stereocenters. The molecule has 3 rings (SSSR count). The van der Waals surface area contributed by atoms with Gasteiger partial charge in [-0.15, -0.1) is 0 Å². The molecule has 0 bridgehead atoms. The summed E-state index contributed by atoms with van der Waals surface area (Å²) in [5.74, 6) is -0.433. The SMILES string of the molecule is Cc1cc(S(=O)(=O)Nc2ccc(N(C)c3ccccc3)cc2)ccc1F. The van der Waals surface area contributed by atoms with E-state index in [0.29, 0.717) is 5.69 Å². The molecule has 0 amide bonds. The molecule has 0 spiro atoms. The molecule has 0 saturated heterocycles. The molecule has 3 aromatic rings. The van der Waals surface area contributed by atoms with Crippen LogP contribution >= 0.6 is 0 Å². The lowest BCUT2D eigenvalue weighted by Gasteiger charge is -2.19. The average Bonchev–Trinajstić information content (AvgIpc) is 2.64. The minimum absolute atomic E-state index is 0.0295. The van der Waals surface area contributed by atoms with Crippen molar-refractivity contribution in [1.82, 2.24) is 0 Å². The third-order valence-electron chi connectivity index (χ3n) is 4.09. The van der Waals surface area contributed by atoms with Crippen LogP contribution in [-0.2, 0) is 10.0 Å². The van der Waals surface area contributed by atoms with Crippen molar-refractivity contribution in [3.05, 3.63) is 84.2 Å². The Labute approximate surface area is 153 Å². The van der Waals surface area contributed by atoms with Crippen LogP contribution in [0.5, 0.6) is 0 Å². The number of sulfonamides is 1. The number of hydrogen-bond donors (Lipinski definition) is 1. The summed E-state index contributed by atoms with van der Waals surface area (Å²) in [6, 6.07) is 20.6. The molecule has 134 valence electrons. The molecule has 3 aromatic carbocycles. The fourth-order valence-electron chi connectivity index (χ4n) is 2.55. The summed E-state index contributed by atoms with van der Waals surface area (Å²) in [4.78, 5) is 2.03. The van der Waals surface area contributed by atoms with Crippen LogP contribution in [-0.4, -0.2) is 15.5 Å². The zero-order valence-corrected chi connectivity index (χ0v) is 15.3. The second-order valence-corrected chi connectivity index (χ2v) is 7.64. The Balaban J connectivity index is 1.79. The Morgan fingerprint density at radius 1 is 0.885 bits per heavy atom. The highest BCUT2D eigenvalue weighted by Crippen LogP contribution is 2.25. The van der Waals surface area contributed by atoms with Gasteiger partial charge < -0.3 is 4.90 Å². The first-order valence-electron chi connectivity index (χ1n) is 8.05. The van der Waals surface area contributed by atoms with Crippen molar-refractivity contribution in [3.63, 3.8) is 0 Å². The number of benzene rings is 3. The lowest BCUT2D eigenvalue weighted by Crippen LogP contribution is -2.14. The van der Waals surface area contributed by atoms with E-state index in [-0.39, 0.29) is 10.5 Å². The highest BCUT2D eigenvalue weighted by molar-refractivity contribution is 7.92. The fourth-order valence-corrected chi connectivity index (χ4v) is 3.70. The van der Waals surface area contributed by atoms with Crippen LogP contribution in [0.15, 0.2) is 77.7 Å². The molecule has 0 saturated carbocycles. The van der Waals surface area contributed by atoms with E-state index in [4.69, 9.17) is 0 Å². The van der Waals surface area contributed by atoms with Gasteiger partial charge in [0.05, 0.1) is 4.90 Å². The van der Waals surface area contributed by atoms with E-state index in [1.54, 1.807) is 12.1 Å². The number of para-hydroxylation sites is 1. The molecule has 6 heteroatoms. The van der Waals surface area contributed by atoms with Crippen molar-refractivity contribution < 1.29 is 12.8 Å². The Kier molecular flexibility index (Phi) is 4.95. The molecule has 0 aromatic heterocycles. The van der Waals surface area contributed by atoms with E-state index in [1.165, 1.54) is 19.1 Å². The van der Waals surface area contributed by atoms with Crippen LogP contribution in [0.25, 0.3) is 0 Å². The topological polar surface area (TPSA) is 49.4 Å². The predicted molar refractivity (Wildman–Crippen MR) is 103 cm³/mol. The van der Waals surface area contributed by atoms with E-state index in [0.717, 1.165) is 17.4 Å². The molecule has 1 N–H and O–H groups in total. The number of nitrogens with zero attached hydrogens (tertiary/aromatic N) is 1. The van der Waals surface area contributed by atoms with Crippen molar-refractivity contribution >= 4 is 27.1 Å². The smallest absolute Gasteiger partial charge is 0.261 e. The normalized spacial score (nSPS) is 11.2. The molecule has 0 aliphatic heterocycles. The number of aryl methyl sites for hydroxylation is 1. The van der Waals surface area contributed by atoms with Gasteiger partial charge in [-0.1, -0.05) is 18.2 Å². The summed E-state index contributed by atoms with van der Waals surface area (Å²) in [6.45, 7) is 1.53. The third kappa shape index (κ3) is 3.86. The van der Waals surface area contributed by atoms with Gasteiger partial charge in [0.1, 0.15) is 5.82 Å². The summed E-state index contributed by atoms with van der Waals surface area (Å²) in [5, 5.41) is 0. The third-order valence-corrected chi connectivity index (χ3v) is 5.47. The van der Waals surface area contributed by atoms with Crippen molar-refractivity contribution in [3.8, 4) is 0 Å². The van der Waals surface area contributed by atoms with Crippen LogP contribution in [0.3, 0.4) is 0 Å². The molecule has 4 nitrogen and oxygen atoms in total. The minimum atomic E-state index is -3.77. The molecule has 0 atom stereocenters. The molecule has 26 heavy (non-hydrogen) atoms. The number of anilines is 3.